The smallest absolute Gasteiger partial charge is 0.290 e. The van der Waals surface area contributed by atoms with Crippen LogP contribution < -0.4 is 29.9 Å². The number of hydrogen-bond donors (Lipinski definition) is 2. The molecule has 6 rings (SSSR count). The molecule has 2 aliphatic rings. The van der Waals surface area contributed by atoms with E-state index >= 15 is 0 Å². The summed E-state index contributed by atoms with van der Waals surface area (Å²) in [6.45, 7) is 2.59. The van der Waals surface area contributed by atoms with Crippen molar-refractivity contribution in [2.45, 2.75) is 11.7 Å². The Hall–Kier alpha value is -4.38. The van der Waals surface area contributed by atoms with E-state index in [2.05, 4.69) is 20.6 Å². The molecule has 0 aliphatic carbocycles. The van der Waals surface area contributed by atoms with Crippen LogP contribution >= 0.6 is 46.2 Å². The van der Waals surface area contributed by atoms with Crippen LogP contribution in [0.4, 0.5) is 19.9 Å². The third kappa shape index (κ3) is 10.3. The highest BCUT2D eigenvalue weighted by Gasteiger charge is 2.31. The summed E-state index contributed by atoms with van der Waals surface area (Å²) in [5, 5.41) is 9.40. The summed E-state index contributed by atoms with van der Waals surface area (Å²) in [6, 6.07) is 15.0. The number of ether oxygens (including phenoxy) is 2. The largest absolute Gasteiger partial charge is 0.492 e. The first-order valence-corrected chi connectivity index (χ1v) is 18.1. The van der Waals surface area contributed by atoms with Crippen molar-refractivity contribution in [1.82, 2.24) is 20.6 Å². The molecule has 2 N–H and O–H groups in total. The number of imide groups is 2. The van der Waals surface area contributed by atoms with Crippen LogP contribution in [0, 0.1) is 0 Å². The standard InChI is InChI=1S/C16H17N3O3S2.C16H15N3O3S2/c2*1-19(15-17-6-9-23-15)7-8-22-12-4-2-11(3-5-12)10-13-14(20)18-16(21)24-13/h2-6,9,13H,7-8,10H2,1H3,(H,18,20,21);2-6,9-10H,7-8H2,1H3,(H,18,20,21). The number of aromatic nitrogens is 2. The average Bonchev–Trinajstić information content (AvgIpc) is 3.90. The lowest BCUT2D eigenvalue weighted by Crippen LogP contribution is -2.25. The molecule has 0 spiro atoms. The maximum atomic E-state index is 11.6. The van der Waals surface area contributed by atoms with Gasteiger partial charge in [0.15, 0.2) is 10.3 Å². The summed E-state index contributed by atoms with van der Waals surface area (Å²) < 4.78 is 11.4. The molecule has 1 atom stereocenters. The summed E-state index contributed by atoms with van der Waals surface area (Å²) >= 11 is 5.14. The van der Waals surface area contributed by atoms with Crippen LogP contribution in [-0.4, -0.2) is 77.9 Å². The number of hydrogen-bond acceptors (Lipinski definition) is 14. The lowest BCUT2D eigenvalue weighted by molar-refractivity contribution is -0.119. The van der Waals surface area contributed by atoms with E-state index in [9.17, 15) is 19.2 Å². The number of rotatable bonds is 13. The molecule has 12 nitrogen and oxygen atoms in total. The minimum absolute atomic E-state index is 0.212. The zero-order chi connectivity index (χ0) is 33.9. The van der Waals surface area contributed by atoms with E-state index in [1.54, 1.807) is 41.1 Å². The van der Waals surface area contributed by atoms with Crippen LogP contribution in [0.25, 0.3) is 6.08 Å². The number of nitrogens with one attached hydrogen (secondary N) is 2. The SMILES string of the molecule is CN(CCOc1ccc(C=C2SC(=O)NC2=O)cc1)c1nccs1.CN(CCOc1ccc(CC2SC(=O)NC2=O)cc1)c1nccs1. The molecule has 4 aromatic rings. The van der Waals surface area contributed by atoms with Crippen LogP contribution in [-0.2, 0) is 16.0 Å². The number of amides is 4. The monoisotopic (exact) mass is 724 g/mol. The Morgan fingerprint density at radius 1 is 0.771 bits per heavy atom. The van der Waals surface area contributed by atoms with Crippen molar-refractivity contribution in [2.75, 3.05) is 50.2 Å². The van der Waals surface area contributed by atoms with E-state index in [4.69, 9.17) is 9.47 Å². The number of likely N-dealkylation sites (N-methyl/N-ethyl adjacent to an activating group) is 2. The third-order valence-electron chi connectivity index (χ3n) is 6.81. The molecule has 4 heterocycles. The second-order valence-corrected chi connectivity index (χ2v) is 14.3. The van der Waals surface area contributed by atoms with Crippen LogP contribution in [0.2, 0.25) is 0 Å². The Bertz CT molecular complexity index is 1720. The fourth-order valence-corrected chi connectivity index (χ4v) is 7.11. The van der Waals surface area contributed by atoms with Gasteiger partial charge in [0.05, 0.1) is 23.2 Å². The minimum atomic E-state index is -0.351. The van der Waals surface area contributed by atoms with Gasteiger partial charge in [-0.2, -0.15) is 0 Å². The quantitative estimate of drug-likeness (QED) is 0.167. The molecular formula is C32H32N6O6S4. The highest BCUT2D eigenvalue weighted by molar-refractivity contribution is 8.18. The Morgan fingerprint density at radius 2 is 1.33 bits per heavy atom. The summed E-state index contributed by atoms with van der Waals surface area (Å²) in [7, 11) is 3.96. The number of nitrogens with zero attached hydrogens (tertiary/aromatic N) is 4. The van der Waals surface area contributed by atoms with Gasteiger partial charge in [0.2, 0.25) is 5.91 Å². The van der Waals surface area contributed by atoms with Crippen molar-refractivity contribution in [2.24, 2.45) is 0 Å². The molecule has 0 radical (unpaired) electrons. The van der Waals surface area contributed by atoms with Gasteiger partial charge in [0.25, 0.3) is 16.4 Å². The minimum Gasteiger partial charge on any atom is -0.492 e. The van der Waals surface area contributed by atoms with Crippen LogP contribution in [0.15, 0.2) is 76.6 Å². The molecule has 0 saturated carbocycles. The van der Waals surface area contributed by atoms with E-state index in [0.29, 0.717) is 24.5 Å². The van der Waals surface area contributed by atoms with Gasteiger partial charge in [0, 0.05) is 37.2 Å². The highest BCUT2D eigenvalue weighted by Crippen LogP contribution is 2.27. The fourth-order valence-electron chi connectivity index (χ4n) is 4.30. The highest BCUT2D eigenvalue weighted by atomic mass is 32.2. The Balaban J connectivity index is 0.000000188. The molecule has 2 aliphatic heterocycles. The van der Waals surface area contributed by atoms with Gasteiger partial charge >= 0.3 is 0 Å². The van der Waals surface area contributed by atoms with Gasteiger partial charge in [0.1, 0.15) is 24.7 Å². The lowest BCUT2D eigenvalue weighted by Gasteiger charge is -2.16. The number of carbonyl (C=O) groups is 4. The number of thiazole rings is 2. The van der Waals surface area contributed by atoms with Crippen LogP contribution in [0.3, 0.4) is 0 Å². The first kappa shape index (κ1) is 34.9. The van der Waals surface area contributed by atoms with Crippen LogP contribution in [0.1, 0.15) is 11.1 Å². The van der Waals surface area contributed by atoms with E-state index in [0.717, 1.165) is 69.5 Å². The van der Waals surface area contributed by atoms with Crippen molar-refractivity contribution in [3.8, 4) is 11.5 Å². The summed E-state index contributed by atoms with van der Waals surface area (Å²) in [4.78, 5) is 58.3. The number of anilines is 2. The number of benzene rings is 2. The zero-order valence-electron chi connectivity index (χ0n) is 26.0. The first-order valence-electron chi connectivity index (χ1n) is 14.7. The third-order valence-corrected chi connectivity index (χ3v) is 10.4. The van der Waals surface area contributed by atoms with Crippen molar-refractivity contribution in [1.29, 1.82) is 0 Å². The maximum Gasteiger partial charge on any atom is 0.290 e. The summed E-state index contributed by atoms with van der Waals surface area (Å²) in [6.07, 6.45) is 5.79. The van der Waals surface area contributed by atoms with Crippen molar-refractivity contribution < 1.29 is 28.7 Å². The van der Waals surface area contributed by atoms with Gasteiger partial charge in [-0.15, -0.1) is 22.7 Å². The van der Waals surface area contributed by atoms with Gasteiger partial charge in [-0.05, 0) is 59.7 Å². The van der Waals surface area contributed by atoms with Crippen LogP contribution in [0.5, 0.6) is 11.5 Å². The van der Waals surface area contributed by atoms with E-state index in [-0.39, 0.29) is 27.5 Å². The predicted octanol–water partition coefficient (Wildman–Crippen LogP) is 5.53. The molecular weight excluding hydrogens is 693 g/mol. The first-order chi connectivity index (χ1) is 23.2. The van der Waals surface area contributed by atoms with Crippen molar-refractivity contribution >= 4 is 84.8 Å². The van der Waals surface area contributed by atoms with Crippen molar-refractivity contribution in [3.63, 3.8) is 0 Å². The molecule has 1 unspecified atom stereocenters. The molecule has 2 saturated heterocycles. The topological polar surface area (TPSA) is 143 Å². The number of thioether (sulfide) groups is 2. The maximum absolute atomic E-state index is 11.6. The van der Waals surface area contributed by atoms with E-state index < -0.39 is 0 Å². The second-order valence-electron chi connectivity index (χ2n) is 10.3. The average molecular weight is 725 g/mol. The van der Waals surface area contributed by atoms with Gasteiger partial charge < -0.3 is 19.3 Å². The zero-order valence-corrected chi connectivity index (χ0v) is 29.3. The predicted molar refractivity (Wildman–Crippen MR) is 192 cm³/mol. The molecule has 2 aromatic heterocycles. The molecule has 2 fully saturated rings. The molecule has 2 aromatic carbocycles. The molecule has 4 amide bonds. The van der Waals surface area contributed by atoms with E-state index in [1.165, 1.54) is 0 Å². The molecule has 250 valence electrons. The second kappa shape index (κ2) is 17.1. The van der Waals surface area contributed by atoms with Crippen molar-refractivity contribution in [3.05, 3.63) is 87.7 Å². The van der Waals surface area contributed by atoms with Gasteiger partial charge in [-0.3, -0.25) is 29.8 Å². The summed E-state index contributed by atoms with van der Waals surface area (Å²) in [5.74, 6) is 0.973. The fraction of sp³-hybridized carbons (Fsp3) is 0.250. The lowest BCUT2D eigenvalue weighted by atomic mass is 10.1. The van der Waals surface area contributed by atoms with Gasteiger partial charge in [-0.25, -0.2) is 9.97 Å². The van der Waals surface area contributed by atoms with E-state index in [1.807, 2.05) is 83.2 Å². The Kier molecular flexibility index (Phi) is 12.5. The van der Waals surface area contributed by atoms with Gasteiger partial charge in [-0.1, -0.05) is 36.0 Å². The summed E-state index contributed by atoms with van der Waals surface area (Å²) in [5.41, 5.74) is 1.85. The normalized spacial score (nSPS) is 16.3. The molecule has 0 bridgehead atoms. The Morgan fingerprint density at radius 3 is 1.79 bits per heavy atom. The molecule has 48 heavy (non-hydrogen) atoms. The number of carbonyl (C=O) groups excluding carboxylic acids is 4. The molecule has 16 heteroatoms. The Labute approximate surface area is 293 Å².